The zero-order valence-electron chi connectivity index (χ0n) is 14.7. The molecule has 0 aromatic heterocycles. The summed E-state index contributed by atoms with van der Waals surface area (Å²) in [6.45, 7) is 6.31. The number of amides is 1. The second-order valence-electron chi connectivity index (χ2n) is 6.77. The lowest BCUT2D eigenvalue weighted by Gasteiger charge is -2.36. The molecule has 0 aliphatic carbocycles. The smallest absolute Gasteiger partial charge is 0.277 e. The van der Waals surface area contributed by atoms with E-state index < -0.39 is 0 Å². The van der Waals surface area contributed by atoms with Crippen LogP contribution >= 0.6 is 12.2 Å². The molecular weight excluding hydrogens is 354 g/mol. The third kappa shape index (κ3) is 3.40. The van der Waals surface area contributed by atoms with Crippen molar-refractivity contribution in [2.45, 2.75) is 26.1 Å². The fourth-order valence-electron chi connectivity index (χ4n) is 3.47. The number of rotatable bonds is 3. The van der Waals surface area contributed by atoms with Gasteiger partial charge in [-0.15, -0.1) is 0 Å². The number of carbonyl (C=O) groups excluding carboxylic acids is 1. The van der Waals surface area contributed by atoms with Gasteiger partial charge in [-0.3, -0.25) is 14.6 Å². The molecule has 1 aromatic rings. The van der Waals surface area contributed by atoms with Crippen LogP contribution in [0, 0.1) is 0 Å². The van der Waals surface area contributed by atoms with Crippen molar-refractivity contribution in [3.63, 3.8) is 0 Å². The minimum atomic E-state index is -0.125. The molecule has 3 heterocycles. The summed E-state index contributed by atoms with van der Waals surface area (Å²) in [5.41, 5.74) is 1.31. The Morgan fingerprint density at radius 1 is 1.23 bits per heavy atom. The van der Waals surface area contributed by atoms with Crippen molar-refractivity contribution >= 4 is 29.3 Å². The van der Waals surface area contributed by atoms with Crippen molar-refractivity contribution < 1.29 is 19.0 Å². The van der Waals surface area contributed by atoms with Crippen LogP contribution in [0.4, 0.5) is 0 Å². The van der Waals surface area contributed by atoms with E-state index in [1.54, 1.807) is 11.0 Å². The van der Waals surface area contributed by atoms with Crippen LogP contribution < -0.4 is 14.8 Å². The molecule has 0 spiro atoms. The molecule has 0 saturated carbocycles. The molecule has 2 atom stereocenters. The van der Waals surface area contributed by atoms with Crippen LogP contribution in [0.15, 0.2) is 23.9 Å². The lowest BCUT2D eigenvalue weighted by molar-refractivity contribution is -0.126. The number of carbonyl (C=O) groups is 1. The summed E-state index contributed by atoms with van der Waals surface area (Å²) >= 11 is 5.37. The molecule has 1 aromatic carbocycles. The Kier molecular flexibility index (Phi) is 4.56. The Hall–Kier alpha value is -2.16. The molecule has 3 aliphatic heterocycles. The SMILES string of the molecule is CC1CN(CN2C(=O)/C(=C/c3ccc4c(c3)OCO4)NC2=S)CC(C)O1. The van der Waals surface area contributed by atoms with Gasteiger partial charge >= 0.3 is 0 Å². The number of hydrogen-bond donors (Lipinski definition) is 1. The minimum absolute atomic E-state index is 0.125. The molecule has 0 radical (unpaired) electrons. The topological polar surface area (TPSA) is 63.3 Å². The summed E-state index contributed by atoms with van der Waals surface area (Å²) < 4.78 is 16.4. The maximum absolute atomic E-state index is 12.8. The maximum Gasteiger partial charge on any atom is 0.277 e. The summed E-state index contributed by atoms with van der Waals surface area (Å²) in [7, 11) is 0. The van der Waals surface area contributed by atoms with E-state index in [1.165, 1.54) is 0 Å². The van der Waals surface area contributed by atoms with E-state index in [1.807, 2.05) is 32.0 Å². The summed E-state index contributed by atoms with van der Waals surface area (Å²) in [6.07, 6.45) is 2.06. The highest BCUT2D eigenvalue weighted by molar-refractivity contribution is 7.80. The molecule has 3 aliphatic rings. The molecule has 2 saturated heterocycles. The van der Waals surface area contributed by atoms with Crippen molar-refractivity contribution in [2.75, 3.05) is 26.6 Å². The number of fused-ring (bicyclic) bond motifs is 1. The van der Waals surface area contributed by atoms with Gasteiger partial charge in [-0.2, -0.15) is 0 Å². The maximum atomic E-state index is 12.8. The predicted molar refractivity (Wildman–Crippen MR) is 99.6 cm³/mol. The van der Waals surface area contributed by atoms with Crippen molar-refractivity contribution in [2.24, 2.45) is 0 Å². The normalized spacial score (nSPS) is 27.3. The Balaban J connectivity index is 1.48. The van der Waals surface area contributed by atoms with E-state index in [0.29, 0.717) is 29.0 Å². The van der Waals surface area contributed by atoms with Gasteiger partial charge in [0.25, 0.3) is 5.91 Å². The third-order valence-electron chi connectivity index (χ3n) is 4.51. The van der Waals surface area contributed by atoms with Crippen molar-refractivity contribution in [3.05, 3.63) is 29.5 Å². The Labute approximate surface area is 157 Å². The standard InChI is InChI=1S/C18H21N3O4S/c1-11-7-20(8-12(2)25-11)9-21-17(22)14(19-18(21)26)5-13-3-4-15-16(6-13)24-10-23-15/h3-6,11-12H,7-10H2,1-2H3,(H,19,26)/b14-5-. The number of morpholine rings is 1. The predicted octanol–water partition coefficient (Wildman–Crippen LogP) is 1.54. The minimum Gasteiger partial charge on any atom is -0.454 e. The molecular formula is C18H21N3O4S. The van der Waals surface area contributed by atoms with Crippen molar-refractivity contribution in [1.29, 1.82) is 0 Å². The van der Waals surface area contributed by atoms with Crippen LogP contribution in [-0.4, -0.2) is 59.6 Å². The summed E-state index contributed by atoms with van der Waals surface area (Å²) in [5.74, 6) is 1.27. The van der Waals surface area contributed by atoms with E-state index in [-0.39, 0.29) is 24.9 Å². The first-order chi connectivity index (χ1) is 12.5. The average molecular weight is 375 g/mol. The van der Waals surface area contributed by atoms with E-state index >= 15 is 0 Å². The lowest BCUT2D eigenvalue weighted by atomic mass is 10.1. The number of thiocarbonyl (C=S) groups is 1. The van der Waals surface area contributed by atoms with Gasteiger partial charge in [0.1, 0.15) is 5.70 Å². The van der Waals surface area contributed by atoms with Crippen LogP contribution in [0.2, 0.25) is 0 Å². The summed E-state index contributed by atoms with van der Waals surface area (Å²) in [6, 6.07) is 5.56. The average Bonchev–Trinajstić information content (AvgIpc) is 3.14. The first kappa shape index (κ1) is 17.3. The van der Waals surface area contributed by atoms with Crippen molar-refractivity contribution in [1.82, 2.24) is 15.1 Å². The molecule has 1 N–H and O–H groups in total. The second-order valence-corrected chi connectivity index (χ2v) is 7.16. The zero-order valence-corrected chi connectivity index (χ0v) is 15.5. The first-order valence-electron chi connectivity index (χ1n) is 8.61. The lowest BCUT2D eigenvalue weighted by Crippen LogP contribution is -2.51. The molecule has 138 valence electrons. The monoisotopic (exact) mass is 375 g/mol. The molecule has 2 fully saturated rings. The number of nitrogens with zero attached hydrogens (tertiary/aromatic N) is 2. The molecule has 1 amide bonds. The summed E-state index contributed by atoms with van der Waals surface area (Å²) in [4.78, 5) is 16.6. The van der Waals surface area contributed by atoms with Gasteiger partial charge in [-0.1, -0.05) is 6.07 Å². The van der Waals surface area contributed by atoms with Gasteiger partial charge in [-0.05, 0) is 49.8 Å². The van der Waals surface area contributed by atoms with Gasteiger partial charge in [0, 0.05) is 13.1 Å². The van der Waals surface area contributed by atoms with Crippen LogP contribution in [0.1, 0.15) is 19.4 Å². The second kappa shape index (κ2) is 6.86. The number of benzene rings is 1. The van der Waals surface area contributed by atoms with Gasteiger partial charge < -0.3 is 19.5 Å². The molecule has 26 heavy (non-hydrogen) atoms. The van der Waals surface area contributed by atoms with Gasteiger partial charge in [0.05, 0.1) is 18.9 Å². The van der Waals surface area contributed by atoms with Crippen molar-refractivity contribution in [3.8, 4) is 11.5 Å². The van der Waals surface area contributed by atoms with E-state index in [0.717, 1.165) is 18.7 Å². The van der Waals surface area contributed by atoms with E-state index in [9.17, 15) is 4.79 Å². The number of nitrogens with one attached hydrogen (secondary N) is 1. The van der Waals surface area contributed by atoms with Gasteiger partial charge in [0.2, 0.25) is 6.79 Å². The van der Waals surface area contributed by atoms with Crippen LogP contribution in [0.3, 0.4) is 0 Å². The highest BCUT2D eigenvalue weighted by Crippen LogP contribution is 2.33. The van der Waals surface area contributed by atoms with E-state index in [2.05, 4.69) is 10.2 Å². The molecule has 4 rings (SSSR count). The number of hydrogen-bond acceptors (Lipinski definition) is 6. The molecule has 7 nitrogen and oxygen atoms in total. The van der Waals surface area contributed by atoms with Crippen LogP contribution in [0.25, 0.3) is 6.08 Å². The van der Waals surface area contributed by atoms with E-state index in [4.69, 9.17) is 26.4 Å². The quantitative estimate of drug-likeness (QED) is 0.635. The number of ether oxygens (including phenoxy) is 3. The zero-order chi connectivity index (χ0) is 18.3. The molecule has 0 bridgehead atoms. The van der Waals surface area contributed by atoms with Crippen LogP contribution in [0.5, 0.6) is 11.5 Å². The fraction of sp³-hybridized carbons (Fsp3) is 0.444. The van der Waals surface area contributed by atoms with Gasteiger partial charge in [-0.25, -0.2) is 0 Å². The summed E-state index contributed by atoms with van der Waals surface area (Å²) in [5, 5.41) is 3.45. The largest absolute Gasteiger partial charge is 0.454 e. The van der Waals surface area contributed by atoms with Crippen LogP contribution in [-0.2, 0) is 9.53 Å². The van der Waals surface area contributed by atoms with Gasteiger partial charge in [0.15, 0.2) is 16.6 Å². The Bertz CT molecular complexity index is 772. The fourth-order valence-corrected chi connectivity index (χ4v) is 3.72. The third-order valence-corrected chi connectivity index (χ3v) is 4.83. The highest BCUT2D eigenvalue weighted by atomic mass is 32.1. The highest BCUT2D eigenvalue weighted by Gasteiger charge is 2.33. The Morgan fingerprint density at radius 3 is 2.73 bits per heavy atom. The molecule has 2 unspecified atom stereocenters. The Morgan fingerprint density at radius 2 is 1.96 bits per heavy atom. The molecule has 8 heteroatoms. The first-order valence-corrected chi connectivity index (χ1v) is 9.02.